The Labute approximate surface area is 322 Å². The first-order valence-corrected chi connectivity index (χ1v) is 19.4. The summed E-state index contributed by atoms with van der Waals surface area (Å²) in [7, 11) is 0. The molecule has 55 heavy (non-hydrogen) atoms. The molecule has 4 heteroatoms. The number of hydrogen-bond donors (Lipinski definition) is 0. The van der Waals surface area contributed by atoms with Crippen molar-refractivity contribution >= 4 is 82.1 Å². The van der Waals surface area contributed by atoms with Gasteiger partial charge in [-0.3, -0.25) is 0 Å². The van der Waals surface area contributed by atoms with E-state index >= 15 is 0 Å². The summed E-state index contributed by atoms with van der Waals surface area (Å²) in [5.74, 6) is 0. The van der Waals surface area contributed by atoms with E-state index in [1.54, 1.807) is 11.3 Å². The Morgan fingerprint density at radius 2 is 1.07 bits per heavy atom. The van der Waals surface area contributed by atoms with Gasteiger partial charge >= 0.3 is 0 Å². The van der Waals surface area contributed by atoms with E-state index in [-0.39, 0.29) is 0 Å². The lowest BCUT2D eigenvalue weighted by Gasteiger charge is -2.30. The Hall–Kier alpha value is -7.01. The third-order valence-corrected chi connectivity index (χ3v) is 11.7. The lowest BCUT2D eigenvalue weighted by molar-refractivity contribution is 0.672. The summed E-state index contributed by atoms with van der Waals surface area (Å²) >= 11 is 1.73. The number of nitrogens with zero attached hydrogens (tertiary/aromatic N) is 2. The van der Waals surface area contributed by atoms with Gasteiger partial charge in [0.1, 0.15) is 16.2 Å². The van der Waals surface area contributed by atoms with Crippen molar-refractivity contribution in [2.24, 2.45) is 0 Å². The molecule has 258 valence electrons. The maximum Gasteiger partial charge on any atom is 0.145 e. The molecule has 0 bridgehead atoms. The van der Waals surface area contributed by atoms with Crippen LogP contribution >= 0.6 is 11.3 Å². The summed E-state index contributed by atoms with van der Waals surface area (Å²) < 4.78 is 8.01. The summed E-state index contributed by atoms with van der Waals surface area (Å²) in [6.07, 6.45) is 0. The van der Waals surface area contributed by atoms with E-state index < -0.39 is 0 Å². The second-order valence-corrected chi connectivity index (χ2v) is 14.9. The summed E-state index contributed by atoms with van der Waals surface area (Å²) in [5.41, 5.74) is 11.6. The summed E-state index contributed by atoms with van der Waals surface area (Å²) in [4.78, 5) is 7.64. The van der Waals surface area contributed by atoms with Crippen LogP contribution in [0.4, 0.5) is 17.1 Å². The Bertz CT molecular complexity index is 3200. The van der Waals surface area contributed by atoms with Gasteiger partial charge in [0.05, 0.1) is 21.3 Å². The summed E-state index contributed by atoms with van der Waals surface area (Å²) in [6, 6.07) is 69.2. The van der Waals surface area contributed by atoms with Crippen LogP contribution in [-0.4, -0.2) is 4.98 Å². The van der Waals surface area contributed by atoms with Gasteiger partial charge < -0.3 is 9.32 Å². The van der Waals surface area contributed by atoms with E-state index in [0.29, 0.717) is 0 Å². The Balaban J connectivity index is 1.25. The fourth-order valence-electron chi connectivity index (χ4n) is 8.08. The molecule has 2 aromatic heterocycles. The molecule has 3 nitrogen and oxygen atoms in total. The first-order valence-electron chi connectivity index (χ1n) is 18.5. The molecule has 0 amide bonds. The minimum Gasteiger partial charge on any atom is -0.455 e. The lowest BCUT2D eigenvalue weighted by Crippen LogP contribution is -2.12. The van der Waals surface area contributed by atoms with Crippen LogP contribution in [0.1, 0.15) is 0 Å². The topological polar surface area (TPSA) is 29.3 Å². The minimum atomic E-state index is 0.862. The normalized spacial score (nSPS) is 11.6. The van der Waals surface area contributed by atoms with Crippen LogP contribution in [-0.2, 0) is 0 Å². The Morgan fingerprint density at radius 3 is 1.87 bits per heavy atom. The van der Waals surface area contributed by atoms with Crippen LogP contribution in [0.15, 0.2) is 199 Å². The second-order valence-electron chi connectivity index (χ2n) is 13.9. The number of hydrogen-bond acceptors (Lipinski definition) is 4. The molecule has 0 aliphatic carbocycles. The van der Waals surface area contributed by atoms with Gasteiger partial charge in [-0.2, -0.15) is 0 Å². The van der Waals surface area contributed by atoms with Gasteiger partial charge in [0.2, 0.25) is 0 Å². The van der Waals surface area contributed by atoms with E-state index in [2.05, 4.69) is 193 Å². The van der Waals surface area contributed by atoms with E-state index in [1.165, 1.54) is 21.9 Å². The average Bonchev–Trinajstić information content (AvgIpc) is 3.87. The maximum atomic E-state index is 6.85. The zero-order chi connectivity index (χ0) is 36.3. The number of benzene rings is 9. The van der Waals surface area contributed by atoms with Crippen molar-refractivity contribution in [3.8, 4) is 32.8 Å². The van der Waals surface area contributed by atoms with Gasteiger partial charge in [0, 0.05) is 33.3 Å². The van der Waals surface area contributed by atoms with Crippen molar-refractivity contribution in [3.05, 3.63) is 194 Å². The number of fused-ring (bicyclic) bond motifs is 7. The van der Waals surface area contributed by atoms with Crippen LogP contribution in [0.5, 0.6) is 0 Å². The zero-order valence-corrected chi connectivity index (χ0v) is 30.5. The molecule has 9 aromatic carbocycles. The van der Waals surface area contributed by atoms with Gasteiger partial charge in [-0.05, 0) is 75.3 Å². The first kappa shape index (κ1) is 31.5. The van der Waals surface area contributed by atoms with Gasteiger partial charge in [0.25, 0.3) is 0 Å². The maximum absolute atomic E-state index is 6.85. The highest BCUT2D eigenvalue weighted by Gasteiger charge is 2.27. The van der Waals surface area contributed by atoms with Crippen molar-refractivity contribution < 1.29 is 4.42 Å². The van der Waals surface area contributed by atoms with Crippen LogP contribution in [0.3, 0.4) is 0 Å². The Morgan fingerprint density at radius 1 is 0.455 bits per heavy atom. The monoisotopic (exact) mass is 720 g/mol. The number of para-hydroxylation sites is 1. The van der Waals surface area contributed by atoms with Crippen LogP contribution in [0.2, 0.25) is 0 Å². The molecule has 0 aliphatic heterocycles. The number of rotatable bonds is 6. The zero-order valence-electron chi connectivity index (χ0n) is 29.7. The summed E-state index contributed by atoms with van der Waals surface area (Å²) in [6.45, 7) is 0. The highest BCUT2D eigenvalue weighted by molar-refractivity contribution is 7.21. The number of anilines is 3. The molecule has 0 saturated heterocycles. The van der Waals surface area contributed by atoms with E-state index in [0.717, 1.165) is 81.7 Å². The van der Waals surface area contributed by atoms with Crippen molar-refractivity contribution in [2.75, 3.05) is 4.90 Å². The van der Waals surface area contributed by atoms with Crippen molar-refractivity contribution in [1.29, 1.82) is 0 Å². The predicted molar refractivity (Wildman–Crippen MR) is 233 cm³/mol. The predicted octanol–water partition coefficient (Wildman–Crippen LogP) is 15.0. The minimum absolute atomic E-state index is 0.862. The van der Waals surface area contributed by atoms with Crippen LogP contribution in [0.25, 0.3) is 86.5 Å². The highest BCUT2D eigenvalue weighted by Crippen LogP contribution is 2.52. The molecule has 0 spiro atoms. The Kier molecular flexibility index (Phi) is 7.35. The molecule has 11 aromatic rings. The fourth-order valence-corrected chi connectivity index (χ4v) is 9.03. The number of furan rings is 1. The van der Waals surface area contributed by atoms with Crippen LogP contribution < -0.4 is 4.90 Å². The molecule has 0 fully saturated rings. The SMILES string of the molecule is c1ccc(-c2ccc(N(c3ccc4ccccc4c3)c3c(-c4ccc5sc(-c6ccccc6)nc5c4)c4ccccc4c4oc5ccccc5c34)cc2)cc1. The standard InChI is InChI=1S/C51H32N2OS/c1-3-13-33(14-4-1)35-23-27-39(28-24-35)53(40-29-25-34-15-7-8-18-37(34)31-40)49-47(38-26-30-46-44(32-38)52-51(55-46)36-16-5-2-6-17-36)41-19-9-10-20-42(41)50-48(49)43-21-11-12-22-45(43)54-50/h1-32H. The van der Waals surface area contributed by atoms with Gasteiger partial charge in [-0.1, -0.05) is 152 Å². The molecule has 2 heterocycles. The van der Waals surface area contributed by atoms with Gasteiger partial charge in [-0.25, -0.2) is 4.98 Å². The lowest BCUT2D eigenvalue weighted by atomic mass is 9.91. The van der Waals surface area contributed by atoms with E-state index in [9.17, 15) is 0 Å². The number of thiazole rings is 1. The molecule has 0 atom stereocenters. The van der Waals surface area contributed by atoms with Crippen molar-refractivity contribution in [3.63, 3.8) is 0 Å². The molecular formula is C51H32N2OS. The average molecular weight is 721 g/mol. The molecule has 0 radical (unpaired) electrons. The van der Waals surface area contributed by atoms with E-state index in [4.69, 9.17) is 9.40 Å². The molecular weight excluding hydrogens is 689 g/mol. The smallest absolute Gasteiger partial charge is 0.145 e. The van der Waals surface area contributed by atoms with Gasteiger partial charge in [-0.15, -0.1) is 11.3 Å². The molecule has 0 unspecified atom stereocenters. The summed E-state index contributed by atoms with van der Waals surface area (Å²) in [5, 5.41) is 7.75. The highest BCUT2D eigenvalue weighted by atomic mass is 32.1. The molecule has 0 aliphatic rings. The molecule has 11 rings (SSSR count). The molecule has 0 saturated carbocycles. The number of aromatic nitrogens is 1. The van der Waals surface area contributed by atoms with Crippen molar-refractivity contribution in [2.45, 2.75) is 0 Å². The van der Waals surface area contributed by atoms with E-state index in [1.807, 2.05) is 6.07 Å². The van der Waals surface area contributed by atoms with Crippen molar-refractivity contribution in [1.82, 2.24) is 4.98 Å². The molecule has 0 N–H and O–H groups in total. The second kappa shape index (κ2) is 12.8. The third kappa shape index (κ3) is 5.30. The quantitative estimate of drug-likeness (QED) is 0.171. The first-order chi connectivity index (χ1) is 27.3. The fraction of sp³-hybridized carbons (Fsp3) is 0. The largest absolute Gasteiger partial charge is 0.455 e. The van der Waals surface area contributed by atoms with Gasteiger partial charge in [0.15, 0.2) is 0 Å². The van der Waals surface area contributed by atoms with Crippen LogP contribution in [0, 0.1) is 0 Å². The third-order valence-electron chi connectivity index (χ3n) is 10.7.